The van der Waals surface area contributed by atoms with Crippen LogP contribution in [0.5, 0.6) is 0 Å². The Bertz CT molecular complexity index is 125. The summed E-state index contributed by atoms with van der Waals surface area (Å²) in [6.45, 7) is 3.41. The van der Waals surface area contributed by atoms with Gasteiger partial charge in [0.1, 0.15) is 6.10 Å². The van der Waals surface area contributed by atoms with Crippen LogP contribution < -0.4 is 5.32 Å². The molecule has 0 aliphatic rings. The van der Waals surface area contributed by atoms with E-state index < -0.39 is 18.1 Å². The second kappa shape index (κ2) is 5.09. The molecule has 0 saturated heterocycles. The summed E-state index contributed by atoms with van der Waals surface area (Å²) >= 11 is 0. The lowest BCUT2D eigenvalue weighted by Gasteiger charge is -2.10. The van der Waals surface area contributed by atoms with Gasteiger partial charge in [-0.2, -0.15) is 0 Å². The number of nitrogens with one attached hydrogen (secondary N) is 1. The van der Waals surface area contributed by atoms with Gasteiger partial charge in [0.2, 0.25) is 5.91 Å². The summed E-state index contributed by atoms with van der Waals surface area (Å²) in [5.41, 5.74) is 0. The first kappa shape index (κ1) is 10.4. The molecule has 1 amide bonds. The number of aliphatic hydroxyl groups excluding tert-OH is 2. The standard InChI is InChI=1S/C7H15NO3/c1-3-6(10)4-8-7(11)5(2)9/h5-6,9-10H,3-4H2,1-2H3,(H,8,11)/t5?,6-/m0/s1. The maximum absolute atomic E-state index is 10.7. The van der Waals surface area contributed by atoms with Gasteiger partial charge in [-0.25, -0.2) is 0 Å². The Labute approximate surface area is 66.2 Å². The SMILES string of the molecule is CC[C@H](O)CNC(=O)C(C)O. The van der Waals surface area contributed by atoms with E-state index in [1.807, 2.05) is 6.92 Å². The van der Waals surface area contributed by atoms with E-state index >= 15 is 0 Å². The molecule has 0 saturated carbocycles. The van der Waals surface area contributed by atoms with Crippen LogP contribution in [0.15, 0.2) is 0 Å². The van der Waals surface area contributed by atoms with Crippen LogP contribution in [0, 0.1) is 0 Å². The van der Waals surface area contributed by atoms with E-state index in [1.165, 1.54) is 6.92 Å². The Morgan fingerprint density at radius 3 is 2.45 bits per heavy atom. The van der Waals surface area contributed by atoms with Crippen molar-refractivity contribution >= 4 is 5.91 Å². The second-order valence-electron chi connectivity index (χ2n) is 2.48. The molecule has 66 valence electrons. The van der Waals surface area contributed by atoms with Crippen molar-refractivity contribution in [3.05, 3.63) is 0 Å². The van der Waals surface area contributed by atoms with Crippen LogP contribution in [0.3, 0.4) is 0 Å². The average Bonchev–Trinajstić information content (AvgIpc) is 1.99. The summed E-state index contributed by atoms with van der Waals surface area (Å²) in [5.74, 6) is -0.447. The molecule has 0 aromatic rings. The van der Waals surface area contributed by atoms with Crippen LogP contribution in [-0.2, 0) is 4.79 Å². The molecule has 0 aromatic carbocycles. The van der Waals surface area contributed by atoms with Crippen LogP contribution in [-0.4, -0.2) is 34.9 Å². The van der Waals surface area contributed by atoms with E-state index in [0.717, 1.165) is 0 Å². The van der Waals surface area contributed by atoms with Crippen LogP contribution in [0.4, 0.5) is 0 Å². The molecule has 0 rings (SSSR count). The van der Waals surface area contributed by atoms with Gasteiger partial charge in [0.05, 0.1) is 6.10 Å². The van der Waals surface area contributed by atoms with Crippen molar-refractivity contribution in [3.8, 4) is 0 Å². The summed E-state index contributed by atoms with van der Waals surface area (Å²) in [4.78, 5) is 10.7. The van der Waals surface area contributed by atoms with Crippen molar-refractivity contribution < 1.29 is 15.0 Å². The first-order valence-electron chi connectivity index (χ1n) is 3.71. The highest BCUT2D eigenvalue weighted by atomic mass is 16.3. The maximum atomic E-state index is 10.7. The molecule has 0 aliphatic carbocycles. The van der Waals surface area contributed by atoms with Gasteiger partial charge in [-0.1, -0.05) is 6.92 Å². The van der Waals surface area contributed by atoms with Gasteiger partial charge < -0.3 is 15.5 Å². The molecule has 0 radical (unpaired) electrons. The molecule has 4 heteroatoms. The molecule has 0 bridgehead atoms. The van der Waals surface area contributed by atoms with Gasteiger partial charge in [-0.05, 0) is 13.3 Å². The van der Waals surface area contributed by atoms with Crippen LogP contribution in [0.1, 0.15) is 20.3 Å². The van der Waals surface area contributed by atoms with E-state index in [1.54, 1.807) is 0 Å². The van der Waals surface area contributed by atoms with Gasteiger partial charge in [0.25, 0.3) is 0 Å². The normalized spacial score (nSPS) is 15.6. The molecule has 0 aromatic heterocycles. The van der Waals surface area contributed by atoms with Crippen molar-refractivity contribution in [2.45, 2.75) is 32.5 Å². The number of carbonyl (C=O) groups is 1. The smallest absolute Gasteiger partial charge is 0.248 e. The molecule has 2 atom stereocenters. The fraction of sp³-hybridized carbons (Fsp3) is 0.857. The minimum Gasteiger partial charge on any atom is -0.391 e. The Morgan fingerprint density at radius 1 is 1.55 bits per heavy atom. The number of rotatable bonds is 4. The zero-order chi connectivity index (χ0) is 8.85. The molecule has 0 aliphatic heterocycles. The van der Waals surface area contributed by atoms with Crippen molar-refractivity contribution in [2.75, 3.05) is 6.54 Å². The van der Waals surface area contributed by atoms with Crippen molar-refractivity contribution in [2.24, 2.45) is 0 Å². The number of carbonyl (C=O) groups excluding carboxylic acids is 1. The van der Waals surface area contributed by atoms with Crippen molar-refractivity contribution in [1.29, 1.82) is 0 Å². The molecule has 1 unspecified atom stereocenters. The molecule has 0 spiro atoms. The molecular formula is C7H15NO3. The zero-order valence-corrected chi connectivity index (χ0v) is 6.87. The first-order chi connectivity index (χ1) is 5.07. The van der Waals surface area contributed by atoms with Crippen LogP contribution >= 0.6 is 0 Å². The number of hydrogen-bond acceptors (Lipinski definition) is 3. The number of aliphatic hydroxyl groups is 2. The fourth-order valence-corrected chi connectivity index (χ4v) is 0.510. The minimum atomic E-state index is -1.00. The van der Waals surface area contributed by atoms with E-state index in [-0.39, 0.29) is 6.54 Å². The number of hydrogen-bond donors (Lipinski definition) is 3. The van der Waals surface area contributed by atoms with E-state index in [9.17, 15) is 4.79 Å². The van der Waals surface area contributed by atoms with Gasteiger partial charge >= 0.3 is 0 Å². The molecular weight excluding hydrogens is 146 g/mol. The zero-order valence-electron chi connectivity index (χ0n) is 6.87. The van der Waals surface area contributed by atoms with Crippen molar-refractivity contribution in [1.82, 2.24) is 5.32 Å². The third kappa shape index (κ3) is 4.75. The summed E-state index contributed by atoms with van der Waals surface area (Å²) in [7, 11) is 0. The summed E-state index contributed by atoms with van der Waals surface area (Å²) in [5, 5.41) is 20.1. The van der Waals surface area contributed by atoms with E-state index in [4.69, 9.17) is 10.2 Å². The van der Waals surface area contributed by atoms with Gasteiger partial charge in [0, 0.05) is 6.54 Å². The summed E-state index contributed by atoms with van der Waals surface area (Å²) in [6.07, 6.45) is -0.920. The number of amides is 1. The first-order valence-corrected chi connectivity index (χ1v) is 3.71. The van der Waals surface area contributed by atoms with Crippen LogP contribution in [0.2, 0.25) is 0 Å². The third-order valence-corrected chi connectivity index (χ3v) is 1.36. The highest BCUT2D eigenvalue weighted by molar-refractivity contribution is 5.79. The minimum absolute atomic E-state index is 0.209. The van der Waals surface area contributed by atoms with Gasteiger partial charge in [0.15, 0.2) is 0 Å². The van der Waals surface area contributed by atoms with Crippen molar-refractivity contribution in [3.63, 3.8) is 0 Å². The largest absolute Gasteiger partial charge is 0.391 e. The molecule has 4 nitrogen and oxygen atoms in total. The van der Waals surface area contributed by atoms with E-state index in [2.05, 4.69) is 5.32 Å². The lowest BCUT2D eigenvalue weighted by molar-refractivity contribution is -0.128. The highest BCUT2D eigenvalue weighted by Gasteiger charge is 2.09. The summed E-state index contributed by atoms with van der Waals surface area (Å²) < 4.78 is 0. The predicted molar refractivity (Wildman–Crippen MR) is 41.0 cm³/mol. The molecule has 0 heterocycles. The predicted octanol–water partition coefficient (Wildman–Crippen LogP) is -0.746. The molecule has 3 N–H and O–H groups in total. The second-order valence-corrected chi connectivity index (χ2v) is 2.48. The van der Waals surface area contributed by atoms with Gasteiger partial charge in [-0.15, -0.1) is 0 Å². The Morgan fingerprint density at radius 2 is 2.09 bits per heavy atom. The Hall–Kier alpha value is -0.610. The Balaban J connectivity index is 3.46. The highest BCUT2D eigenvalue weighted by Crippen LogP contribution is 1.87. The Kier molecular flexibility index (Phi) is 4.81. The average molecular weight is 161 g/mol. The molecule has 11 heavy (non-hydrogen) atoms. The van der Waals surface area contributed by atoms with Gasteiger partial charge in [-0.3, -0.25) is 4.79 Å². The van der Waals surface area contributed by atoms with Crippen LogP contribution in [0.25, 0.3) is 0 Å². The topological polar surface area (TPSA) is 69.6 Å². The van der Waals surface area contributed by atoms with E-state index in [0.29, 0.717) is 6.42 Å². The maximum Gasteiger partial charge on any atom is 0.248 e. The lowest BCUT2D eigenvalue weighted by Crippen LogP contribution is -2.37. The summed E-state index contributed by atoms with van der Waals surface area (Å²) in [6, 6.07) is 0. The monoisotopic (exact) mass is 161 g/mol. The third-order valence-electron chi connectivity index (χ3n) is 1.36. The fourth-order valence-electron chi connectivity index (χ4n) is 0.510. The molecule has 0 fully saturated rings. The lowest BCUT2D eigenvalue weighted by atomic mass is 10.2. The quantitative estimate of drug-likeness (QED) is 0.508.